The minimum absolute atomic E-state index is 0.288. The van der Waals surface area contributed by atoms with Crippen LogP contribution < -0.4 is 0 Å². The Bertz CT molecular complexity index is 467. The Morgan fingerprint density at radius 2 is 2.18 bits per heavy atom. The van der Waals surface area contributed by atoms with Gasteiger partial charge in [0.1, 0.15) is 0 Å². The number of nitrogens with zero attached hydrogens (tertiary/aromatic N) is 3. The largest absolute Gasteiger partial charge is 0.341 e. The Balaban J connectivity index is 1.80. The smallest absolute Gasteiger partial charge is 0.222 e. The third-order valence-corrected chi connectivity index (χ3v) is 5.61. The molecule has 1 aromatic rings. The average molecular weight is 324 g/mol. The summed E-state index contributed by atoms with van der Waals surface area (Å²) in [6.45, 7) is 10.7. The SMILES string of the molecule is CC1CCN(C(=O)CCCSC(C)(C)C)CC1n1ccnc1. The molecule has 22 heavy (non-hydrogen) atoms. The highest BCUT2D eigenvalue weighted by Gasteiger charge is 2.29. The van der Waals surface area contributed by atoms with Crippen LogP contribution in [-0.4, -0.2) is 43.9 Å². The molecule has 1 amide bonds. The zero-order valence-electron chi connectivity index (χ0n) is 14.3. The van der Waals surface area contributed by atoms with Gasteiger partial charge in [0.05, 0.1) is 12.4 Å². The fraction of sp³-hybridized carbons (Fsp3) is 0.765. The monoisotopic (exact) mass is 323 g/mol. The standard InChI is InChI=1S/C17H29N3OS/c1-14-7-9-19(12-15(14)20-10-8-18-13-20)16(21)6-5-11-22-17(2,3)4/h8,10,13-15H,5-7,9,11-12H2,1-4H3. The number of amides is 1. The van der Waals surface area contributed by atoms with Gasteiger partial charge in [-0.2, -0.15) is 11.8 Å². The molecule has 4 nitrogen and oxygen atoms in total. The van der Waals surface area contributed by atoms with E-state index in [1.54, 1.807) is 0 Å². The summed E-state index contributed by atoms with van der Waals surface area (Å²) >= 11 is 1.94. The van der Waals surface area contributed by atoms with E-state index >= 15 is 0 Å². The number of rotatable bonds is 5. The minimum atomic E-state index is 0.288. The number of carbonyl (C=O) groups excluding carboxylic acids is 1. The summed E-state index contributed by atoms with van der Waals surface area (Å²) in [5.41, 5.74) is 0. The van der Waals surface area contributed by atoms with E-state index in [4.69, 9.17) is 0 Å². The van der Waals surface area contributed by atoms with E-state index in [1.165, 1.54) is 0 Å². The molecule has 2 atom stereocenters. The zero-order valence-corrected chi connectivity index (χ0v) is 15.1. The third-order valence-electron chi connectivity index (χ3n) is 4.25. The van der Waals surface area contributed by atoms with Crippen molar-refractivity contribution in [3.63, 3.8) is 0 Å². The molecule has 124 valence electrons. The molecule has 2 unspecified atom stereocenters. The molecular weight excluding hydrogens is 294 g/mol. The molecule has 2 rings (SSSR count). The third kappa shape index (κ3) is 5.04. The number of thioether (sulfide) groups is 1. The molecule has 1 fully saturated rings. The molecule has 1 saturated heterocycles. The molecule has 2 heterocycles. The molecule has 1 aromatic heterocycles. The van der Waals surface area contributed by atoms with Gasteiger partial charge in [0.25, 0.3) is 0 Å². The van der Waals surface area contributed by atoms with Crippen molar-refractivity contribution in [1.29, 1.82) is 0 Å². The average Bonchev–Trinajstić information content (AvgIpc) is 2.97. The van der Waals surface area contributed by atoms with Crippen LogP contribution in [0.25, 0.3) is 0 Å². The van der Waals surface area contributed by atoms with Crippen molar-refractivity contribution < 1.29 is 4.79 Å². The topological polar surface area (TPSA) is 38.1 Å². The summed E-state index contributed by atoms with van der Waals surface area (Å²) in [7, 11) is 0. The maximum absolute atomic E-state index is 12.4. The van der Waals surface area contributed by atoms with E-state index in [2.05, 4.69) is 37.2 Å². The zero-order chi connectivity index (χ0) is 16.2. The molecule has 0 N–H and O–H groups in total. The maximum Gasteiger partial charge on any atom is 0.222 e. The highest BCUT2D eigenvalue weighted by Crippen LogP contribution is 2.28. The summed E-state index contributed by atoms with van der Waals surface area (Å²) in [6, 6.07) is 0.365. The van der Waals surface area contributed by atoms with E-state index in [0.717, 1.165) is 31.7 Å². The van der Waals surface area contributed by atoms with Gasteiger partial charge in [0.15, 0.2) is 0 Å². The van der Waals surface area contributed by atoms with E-state index in [1.807, 2.05) is 35.4 Å². The van der Waals surface area contributed by atoms with Gasteiger partial charge in [0.2, 0.25) is 5.91 Å². The predicted octanol–water partition coefficient (Wildman–Crippen LogP) is 3.60. The van der Waals surface area contributed by atoms with E-state index < -0.39 is 0 Å². The van der Waals surface area contributed by atoms with Crippen LogP contribution in [0.1, 0.15) is 53.0 Å². The van der Waals surface area contributed by atoms with Crippen molar-refractivity contribution in [2.45, 2.75) is 57.7 Å². The van der Waals surface area contributed by atoms with E-state index in [-0.39, 0.29) is 4.75 Å². The van der Waals surface area contributed by atoms with Crippen LogP contribution >= 0.6 is 11.8 Å². The molecule has 0 bridgehead atoms. The Hall–Kier alpha value is -0.970. The van der Waals surface area contributed by atoms with Gasteiger partial charge in [-0.3, -0.25) is 4.79 Å². The number of hydrogen-bond donors (Lipinski definition) is 0. The van der Waals surface area contributed by atoms with E-state index in [9.17, 15) is 4.79 Å². The second kappa shape index (κ2) is 7.53. The quantitative estimate of drug-likeness (QED) is 0.777. The van der Waals surface area contributed by atoms with Crippen LogP contribution in [0.4, 0.5) is 0 Å². The molecule has 0 saturated carbocycles. The van der Waals surface area contributed by atoms with E-state index in [0.29, 0.717) is 24.3 Å². The molecule has 5 heteroatoms. The lowest BCUT2D eigenvalue weighted by Gasteiger charge is -2.37. The summed E-state index contributed by atoms with van der Waals surface area (Å²) < 4.78 is 2.44. The first kappa shape index (κ1) is 17.4. The van der Waals surface area contributed by atoms with Gasteiger partial charge < -0.3 is 9.47 Å². The summed E-state index contributed by atoms with van der Waals surface area (Å²) in [4.78, 5) is 18.6. The van der Waals surface area contributed by atoms with Crippen LogP contribution in [0, 0.1) is 5.92 Å². The first-order chi connectivity index (χ1) is 10.4. The second-order valence-electron chi connectivity index (χ2n) is 7.25. The number of likely N-dealkylation sites (tertiary alicyclic amines) is 1. The van der Waals surface area contributed by atoms with Crippen molar-refractivity contribution >= 4 is 17.7 Å². The van der Waals surface area contributed by atoms with Crippen molar-refractivity contribution in [3.05, 3.63) is 18.7 Å². The second-order valence-corrected chi connectivity index (χ2v) is 9.17. The predicted molar refractivity (Wildman–Crippen MR) is 93.1 cm³/mol. The van der Waals surface area contributed by atoms with Crippen LogP contribution in [-0.2, 0) is 4.79 Å². The lowest BCUT2D eigenvalue weighted by atomic mass is 9.93. The molecule has 0 aliphatic carbocycles. The highest BCUT2D eigenvalue weighted by molar-refractivity contribution is 8.00. The number of carbonyl (C=O) groups is 1. The van der Waals surface area contributed by atoms with Crippen LogP contribution in [0.5, 0.6) is 0 Å². The van der Waals surface area contributed by atoms with Crippen molar-refractivity contribution in [1.82, 2.24) is 14.5 Å². The molecule has 0 spiro atoms. The van der Waals surface area contributed by atoms with Gasteiger partial charge in [-0.05, 0) is 24.5 Å². The summed E-state index contributed by atoms with van der Waals surface area (Å²) in [5.74, 6) is 1.96. The van der Waals surface area contributed by atoms with Crippen molar-refractivity contribution in [2.75, 3.05) is 18.8 Å². The lowest BCUT2D eigenvalue weighted by molar-refractivity contribution is -0.133. The number of hydrogen-bond acceptors (Lipinski definition) is 3. The number of aromatic nitrogens is 2. The fourth-order valence-corrected chi connectivity index (χ4v) is 3.79. The molecule has 1 aliphatic rings. The lowest BCUT2D eigenvalue weighted by Crippen LogP contribution is -2.43. The van der Waals surface area contributed by atoms with Crippen molar-refractivity contribution in [2.24, 2.45) is 5.92 Å². The Kier molecular flexibility index (Phi) is 5.95. The Morgan fingerprint density at radius 3 is 2.82 bits per heavy atom. The maximum atomic E-state index is 12.4. The normalized spacial score (nSPS) is 22.8. The van der Waals surface area contributed by atoms with Gasteiger partial charge >= 0.3 is 0 Å². The number of imidazole rings is 1. The first-order valence-corrected chi connectivity index (χ1v) is 9.24. The molecule has 0 aromatic carbocycles. The van der Waals surface area contributed by atoms with Crippen LogP contribution in [0.2, 0.25) is 0 Å². The van der Waals surface area contributed by atoms with Gasteiger partial charge in [0, 0.05) is 36.7 Å². The Labute approximate surface area is 138 Å². The fourth-order valence-electron chi connectivity index (χ4n) is 2.89. The van der Waals surface area contributed by atoms with Gasteiger partial charge in [-0.1, -0.05) is 27.7 Å². The highest BCUT2D eigenvalue weighted by atomic mass is 32.2. The molecular formula is C17H29N3OS. The van der Waals surface area contributed by atoms with Gasteiger partial charge in [-0.15, -0.1) is 0 Å². The molecule has 1 aliphatic heterocycles. The van der Waals surface area contributed by atoms with Crippen LogP contribution in [0.3, 0.4) is 0 Å². The Morgan fingerprint density at radius 1 is 1.41 bits per heavy atom. The summed E-state index contributed by atoms with van der Waals surface area (Å²) in [5, 5.41) is 0. The first-order valence-electron chi connectivity index (χ1n) is 8.26. The van der Waals surface area contributed by atoms with Crippen LogP contribution in [0.15, 0.2) is 18.7 Å². The summed E-state index contributed by atoms with van der Waals surface area (Å²) in [6.07, 6.45) is 8.42. The number of piperidine rings is 1. The van der Waals surface area contributed by atoms with Crippen molar-refractivity contribution in [3.8, 4) is 0 Å². The minimum Gasteiger partial charge on any atom is -0.341 e. The molecule has 0 radical (unpaired) electrons. The van der Waals surface area contributed by atoms with Gasteiger partial charge in [-0.25, -0.2) is 4.98 Å².